The van der Waals surface area contributed by atoms with Crippen molar-refractivity contribution in [3.05, 3.63) is 34.1 Å². The van der Waals surface area contributed by atoms with E-state index in [1.54, 1.807) is 6.07 Å². The van der Waals surface area contributed by atoms with Crippen LogP contribution in [0.1, 0.15) is 18.4 Å². The Morgan fingerprint density at radius 3 is 2.50 bits per heavy atom. The second-order valence-electron chi connectivity index (χ2n) is 3.55. The summed E-state index contributed by atoms with van der Waals surface area (Å²) in [6.45, 7) is 0. The molecular weight excluding hydrogens is 251 g/mol. The number of hydrogen-bond acceptors (Lipinski definition) is 1. The average Bonchev–Trinajstić information content (AvgIpc) is 2.81. The molecule has 1 saturated carbocycles. The van der Waals surface area contributed by atoms with Crippen molar-refractivity contribution in [2.24, 2.45) is 0 Å². The summed E-state index contributed by atoms with van der Waals surface area (Å²) in [5, 5.41) is 9.00. The monoisotopic (exact) mass is 258 g/mol. The van der Waals surface area contributed by atoms with Crippen molar-refractivity contribution < 1.29 is 14.3 Å². The van der Waals surface area contributed by atoms with Crippen LogP contribution in [-0.2, 0) is 10.2 Å². The normalized spacial score (nSPS) is 17.9. The van der Waals surface area contributed by atoms with Crippen molar-refractivity contribution in [3.63, 3.8) is 0 Å². The lowest BCUT2D eigenvalue weighted by molar-refractivity contribution is -0.140. The van der Waals surface area contributed by atoms with E-state index in [0.717, 1.165) is 0 Å². The Morgan fingerprint density at radius 1 is 1.43 bits per heavy atom. The van der Waals surface area contributed by atoms with Gasteiger partial charge in [0.25, 0.3) is 0 Å². The zero-order valence-electron chi connectivity index (χ0n) is 7.26. The van der Waals surface area contributed by atoms with Crippen molar-refractivity contribution in [2.75, 3.05) is 0 Å². The first-order valence-corrected chi connectivity index (χ1v) is 5.04. The van der Waals surface area contributed by atoms with Gasteiger partial charge in [0.05, 0.1) is 5.41 Å². The highest BCUT2D eigenvalue weighted by Crippen LogP contribution is 2.49. The van der Waals surface area contributed by atoms with Crippen LogP contribution in [0.4, 0.5) is 4.39 Å². The second-order valence-corrected chi connectivity index (χ2v) is 4.46. The van der Waals surface area contributed by atoms with Gasteiger partial charge in [-0.25, -0.2) is 4.39 Å². The van der Waals surface area contributed by atoms with Gasteiger partial charge < -0.3 is 5.11 Å². The van der Waals surface area contributed by atoms with E-state index in [0.29, 0.717) is 22.9 Å². The van der Waals surface area contributed by atoms with Crippen molar-refractivity contribution in [1.82, 2.24) is 0 Å². The van der Waals surface area contributed by atoms with Crippen LogP contribution in [-0.4, -0.2) is 11.1 Å². The number of aliphatic carboxylic acids is 1. The molecule has 2 rings (SSSR count). The van der Waals surface area contributed by atoms with E-state index in [2.05, 4.69) is 15.9 Å². The van der Waals surface area contributed by atoms with Crippen molar-refractivity contribution in [2.45, 2.75) is 18.3 Å². The summed E-state index contributed by atoms with van der Waals surface area (Å²) < 4.78 is 13.6. The molecule has 0 saturated heterocycles. The van der Waals surface area contributed by atoms with Gasteiger partial charge in [0.15, 0.2) is 0 Å². The third kappa shape index (κ3) is 1.43. The predicted octanol–water partition coefficient (Wildman–Crippen LogP) is 2.70. The van der Waals surface area contributed by atoms with E-state index < -0.39 is 17.2 Å². The lowest BCUT2D eigenvalue weighted by Crippen LogP contribution is -2.19. The van der Waals surface area contributed by atoms with E-state index in [-0.39, 0.29) is 0 Å². The Morgan fingerprint density at radius 2 is 2.07 bits per heavy atom. The molecular formula is C10H8BrFO2. The van der Waals surface area contributed by atoms with Crippen molar-refractivity contribution in [3.8, 4) is 0 Å². The summed E-state index contributed by atoms with van der Waals surface area (Å²) in [4.78, 5) is 11.0. The van der Waals surface area contributed by atoms with Gasteiger partial charge in [0.1, 0.15) is 5.82 Å². The van der Waals surface area contributed by atoms with Crippen LogP contribution in [0.3, 0.4) is 0 Å². The van der Waals surface area contributed by atoms with Crippen LogP contribution in [0.2, 0.25) is 0 Å². The number of rotatable bonds is 2. The number of benzene rings is 1. The van der Waals surface area contributed by atoms with Gasteiger partial charge in [-0.15, -0.1) is 0 Å². The molecule has 2 nitrogen and oxygen atoms in total. The quantitative estimate of drug-likeness (QED) is 0.886. The summed E-state index contributed by atoms with van der Waals surface area (Å²) in [7, 11) is 0. The smallest absolute Gasteiger partial charge is 0.314 e. The highest BCUT2D eigenvalue weighted by Gasteiger charge is 2.51. The average molecular weight is 259 g/mol. The van der Waals surface area contributed by atoms with Gasteiger partial charge in [0, 0.05) is 4.47 Å². The molecule has 14 heavy (non-hydrogen) atoms. The molecule has 0 aromatic heterocycles. The maximum atomic E-state index is 13.0. The molecule has 1 aromatic rings. The molecule has 74 valence electrons. The molecule has 1 aromatic carbocycles. The Bertz CT molecular complexity index is 379. The Balaban J connectivity index is 2.47. The second kappa shape index (κ2) is 3.05. The minimum Gasteiger partial charge on any atom is -0.481 e. The molecule has 0 spiro atoms. The van der Waals surface area contributed by atoms with Gasteiger partial charge >= 0.3 is 5.97 Å². The zero-order valence-corrected chi connectivity index (χ0v) is 8.84. The fourth-order valence-corrected chi connectivity index (χ4v) is 2.05. The summed E-state index contributed by atoms with van der Waals surface area (Å²) in [6, 6.07) is 4.29. The van der Waals surface area contributed by atoms with Crippen LogP contribution >= 0.6 is 15.9 Å². The van der Waals surface area contributed by atoms with Gasteiger partial charge in [-0.2, -0.15) is 0 Å². The number of carboxylic acid groups (broad SMARTS) is 1. The Labute approximate surface area is 88.9 Å². The first kappa shape index (κ1) is 9.65. The maximum Gasteiger partial charge on any atom is 0.314 e. The first-order valence-electron chi connectivity index (χ1n) is 4.24. The molecule has 0 heterocycles. The molecule has 0 radical (unpaired) electrons. The van der Waals surface area contributed by atoms with Crippen LogP contribution in [0, 0.1) is 5.82 Å². The molecule has 0 amide bonds. The molecule has 0 aliphatic heterocycles. The van der Waals surface area contributed by atoms with E-state index in [1.165, 1.54) is 12.1 Å². The molecule has 0 atom stereocenters. The zero-order chi connectivity index (χ0) is 10.3. The van der Waals surface area contributed by atoms with Crippen molar-refractivity contribution in [1.29, 1.82) is 0 Å². The minimum atomic E-state index is -0.866. The molecule has 1 aliphatic rings. The summed E-state index contributed by atoms with van der Waals surface area (Å²) >= 11 is 3.15. The highest BCUT2D eigenvalue weighted by molar-refractivity contribution is 9.10. The van der Waals surface area contributed by atoms with Gasteiger partial charge in [0.2, 0.25) is 0 Å². The van der Waals surface area contributed by atoms with Gasteiger partial charge in [-0.3, -0.25) is 4.79 Å². The summed E-state index contributed by atoms with van der Waals surface area (Å²) in [6.07, 6.45) is 1.19. The molecule has 1 aliphatic carbocycles. The molecule has 1 fully saturated rings. The van der Waals surface area contributed by atoms with Crippen LogP contribution in [0.25, 0.3) is 0 Å². The highest BCUT2D eigenvalue weighted by atomic mass is 79.9. The number of carbonyl (C=O) groups is 1. The largest absolute Gasteiger partial charge is 0.481 e. The molecule has 0 unspecified atom stereocenters. The van der Waals surface area contributed by atoms with Gasteiger partial charge in [-0.05, 0) is 36.6 Å². The standard InChI is InChI=1S/C10H8BrFO2/c11-7-3-6(4-8(12)5-7)10(1-2-10)9(13)14/h3-5H,1-2H2,(H,13,14). The third-order valence-electron chi connectivity index (χ3n) is 2.57. The minimum absolute atomic E-state index is 0.401. The SMILES string of the molecule is O=C(O)C1(c2cc(F)cc(Br)c2)CC1. The summed E-state index contributed by atoms with van der Waals surface area (Å²) in [5.74, 6) is -1.27. The van der Waals surface area contributed by atoms with Crippen LogP contribution in [0.5, 0.6) is 0 Å². The number of carboxylic acids is 1. The lowest BCUT2D eigenvalue weighted by atomic mass is 9.96. The van der Waals surface area contributed by atoms with E-state index in [9.17, 15) is 9.18 Å². The lowest BCUT2D eigenvalue weighted by Gasteiger charge is -2.10. The molecule has 0 bridgehead atoms. The van der Waals surface area contributed by atoms with E-state index >= 15 is 0 Å². The fourth-order valence-electron chi connectivity index (χ4n) is 1.58. The Kier molecular flexibility index (Phi) is 2.10. The summed E-state index contributed by atoms with van der Waals surface area (Å²) in [5.41, 5.74) is -0.276. The molecule has 1 N–H and O–H groups in total. The maximum absolute atomic E-state index is 13.0. The third-order valence-corrected chi connectivity index (χ3v) is 3.03. The van der Waals surface area contributed by atoms with Crippen LogP contribution in [0.15, 0.2) is 22.7 Å². The van der Waals surface area contributed by atoms with Crippen LogP contribution < -0.4 is 0 Å². The predicted molar refractivity (Wildman–Crippen MR) is 52.6 cm³/mol. The topological polar surface area (TPSA) is 37.3 Å². The van der Waals surface area contributed by atoms with E-state index in [4.69, 9.17) is 5.11 Å². The number of hydrogen-bond donors (Lipinski definition) is 1. The van der Waals surface area contributed by atoms with Gasteiger partial charge in [-0.1, -0.05) is 15.9 Å². The fraction of sp³-hybridized carbons (Fsp3) is 0.300. The Hall–Kier alpha value is -0.900. The van der Waals surface area contributed by atoms with Crippen molar-refractivity contribution >= 4 is 21.9 Å². The van der Waals surface area contributed by atoms with E-state index in [1.807, 2.05) is 0 Å². The molecule has 4 heteroatoms. The number of halogens is 2. The first-order chi connectivity index (χ1) is 6.54.